The van der Waals surface area contributed by atoms with Crippen LogP contribution in [0.2, 0.25) is 0 Å². The Hall–Kier alpha value is -6.39. The molecule has 0 saturated heterocycles. The van der Waals surface area contributed by atoms with E-state index < -0.39 is 0 Å². The summed E-state index contributed by atoms with van der Waals surface area (Å²) in [5.41, 5.74) is 13.9. The van der Waals surface area contributed by atoms with E-state index in [4.69, 9.17) is 15.0 Å². The third kappa shape index (κ3) is 5.85. The minimum Gasteiger partial charge on any atom is -0.349 e. The van der Waals surface area contributed by atoms with Gasteiger partial charge in [0, 0.05) is 29.1 Å². The molecule has 1 atom stereocenters. The van der Waals surface area contributed by atoms with Crippen LogP contribution >= 0.6 is 0 Å². The van der Waals surface area contributed by atoms with Crippen molar-refractivity contribution in [3.05, 3.63) is 192 Å². The van der Waals surface area contributed by atoms with E-state index in [2.05, 4.69) is 182 Å². The number of hydrogen-bond donors (Lipinski definition) is 0. The molecule has 9 rings (SSSR count). The first-order valence-corrected chi connectivity index (χ1v) is 17.6. The Morgan fingerprint density at radius 1 is 0.608 bits per heavy atom. The molecule has 0 spiro atoms. The molecule has 4 nitrogen and oxygen atoms in total. The Balaban J connectivity index is 1.22. The van der Waals surface area contributed by atoms with Crippen molar-refractivity contribution in [3.8, 4) is 22.4 Å². The number of aromatic nitrogens is 2. The molecule has 2 aromatic heterocycles. The highest BCUT2D eigenvalue weighted by atomic mass is 15.2. The molecular formula is C47H36N4. The zero-order chi connectivity index (χ0) is 34.1. The summed E-state index contributed by atoms with van der Waals surface area (Å²) in [6.45, 7) is 0. The van der Waals surface area contributed by atoms with Gasteiger partial charge in [-0.3, -0.25) is 4.99 Å². The smallest absolute Gasteiger partial charge is 0.147 e. The van der Waals surface area contributed by atoms with E-state index in [-0.39, 0.29) is 6.17 Å². The summed E-state index contributed by atoms with van der Waals surface area (Å²) in [6.07, 6.45) is 10.6. The minimum absolute atomic E-state index is 0.155. The fourth-order valence-electron chi connectivity index (χ4n) is 7.30. The zero-order valence-electron chi connectivity index (χ0n) is 28.4. The van der Waals surface area contributed by atoms with Gasteiger partial charge in [-0.2, -0.15) is 0 Å². The SMILES string of the molecule is CN1C(c2cccc(-c3cc(-c4ccccc4)nc4c3ccc3ccc(C5=CC=CCC5)nc34)c2)=CC(c2ccccc2)=NC1c1ccccc1. The minimum atomic E-state index is -0.155. The van der Waals surface area contributed by atoms with Crippen molar-refractivity contribution in [2.24, 2.45) is 4.99 Å². The number of fused-ring (bicyclic) bond motifs is 3. The molecule has 244 valence electrons. The fourth-order valence-corrected chi connectivity index (χ4v) is 7.30. The van der Waals surface area contributed by atoms with Crippen LogP contribution in [0.25, 0.3) is 55.5 Å². The van der Waals surface area contributed by atoms with Gasteiger partial charge in [-0.1, -0.05) is 146 Å². The van der Waals surface area contributed by atoms with E-state index >= 15 is 0 Å². The van der Waals surface area contributed by atoms with Crippen LogP contribution in [0.4, 0.5) is 0 Å². The molecule has 2 aliphatic rings. The number of hydrogen-bond acceptors (Lipinski definition) is 4. The number of allylic oxidation sites excluding steroid dienone is 5. The molecule has 1 aliphatic heterocycles. The summed E-state index contributed by atoms with van der Waals surface area (Å²) in [5.74, 6) is 0. The van der Waals surface area contributed by atoms with Crippen molar-refractivity contribution >= 4 is 38.8 Å². The summed E-state index contributed by atoms with van der Waals surface area (Å²) in [6, 6.07) is 51.4. The number of aliphatic imine (C=N–C) groups is 1. The maximum atomic E-state index is 5.33. The standard InChI is InChI=1S/C47H36N4/c1-51-44(31-43(34-19-10-4-11-20-34)50-47(51)36-21-12-5-13-22-36)38-24-14-23-37(29-38)40-30-42(33-17-8-3-9-18-33)49-46-39(40)27-25-35-26-28-41(48-45(35)46)32-15-6-2-7-16-32/h2-6,8-15,17-31,47H,7,16H2,1H3. The second kappa shape index (κ2) is 13.1. The first-order valence-electron chi connectivity index (χ1n) is 17.6. The van der Waals surface area contributed by atoms with Gasteiger partial charge in [-0.25, -0.2) is 9.97 Å². The Morgan fingerprint density at radius 3 is 2.06 bits per heavy atom. The lowest BCUT2D eigenvalue weighted by atomic mass is 9.94. The predicted octanol–water partition coefficient (Wildman–Crippen LogP) is 11.3. The summed E-state index contributed by atoms with van der Waals surface area (Å²) >= 11 is 0. The molecule has 0 bridgehead atoms. The predicted molar refractivity (Wildman–Crippen MR) is 212 cm³/mol. The molecule has 0 radical (unpaired) electrons. The highest BCUT2D eigenvalue weighted by molar-refractivity contribution is 6.13. The quantitative estimate of drug-likeness (QED) is 0.167. The molecule has 4 heteroatoms. The molecule has 1 aliphatic carbocycles. The van der Waals surface area contributed by atoms with Crippen LogP contribution in [-0.4, -0.2) is 27.6 Å². The highest BCUT2D eigenvalue weighted by Gasteiger charge is 2.25. The van der Waals surface area contributed by atoms with Gasteiger partial charge in [-0.05, 0) is 70.5 Å². The Labute approximate surface area is 298 Å². The first kappa shape index (κ1) is 30.7. The van der Waals surface area contributed by atoms with Crippen molar-refractivity contribution in [1.82, 2.24) is 14.9 Å². The van der Waals surface area contributed by atoms with Crippen molar-refractivity contribution in [1.29, 1.82) is 0 Å². The second-order valence-electron chi connectivity index (χ2n) is 13.2. The average molecular weight is 657 g/mol. The molecule has 5 aromatic carbocycles. The number of pyridine rings is 2. The van der Waals surface area contributed by atoms with Gasteiger partial charge in [0.2, 0.25) is 0 Å². The fraction of sp³-hybridized carbons (Fsp3) is 0.0851. The molecular weight excluding hydrogens is 621 g/mol. The van der Waals surface area contributed by atoms with Crippen molar-refractivity contribution in [3.63, 3.8) is 0 Å². The van der Waals surface area contributed by atoms with Crippen molar-refractivity contribution < 1.29 is 0 Å². The summed E-state index contributed by atoms with van der Waals surface area (Å²) in [5, 5.41) is 2.17. The molecule has 0 saturated carbocycles. The number of benzene rings is 5. The average Bonchev–Trinajstić information content (AvgIpc) is 3.21. The highest BCUT2D eigenvalue weighted by Crippen LogP contribution is 2.39. The zero-order valence-corrected chi connectivity index (χ0v) is 28.4. The lowest BCUT2D eigenvalue weighted by molar-refractivity contribution is 0.364. The van der Waals surface area contributed by atoms with E-state index in [1.165, 1.54) is 5.57 Å². The van der Waals surface area contributed by atoms with Crippen LogP contribution in [-0.2, 0) is 0 Å². The molecule has 7 aromatic rings. The maximum absolute atomic E-state index is 5.33. The Kier molecular flexibility index (Phi) is 7.90. The molecule has 51 heavy (non-hydrogen) atoms. The van der Waals surface area contributed by atoms with Gasteiger partial charge in [-0.15, -0.1) is 0 Å². The lowest BCUT2D eigenvalue weighted by Crippen LogP contribution is -2.27. The van der Waals surface area contributed by atoms with E-state index in [0.717, 1.165) is 90.8 Å². The van der Waals surface area contributed by atoms with Gasteiger partial charge in [0.25, 0.3) is 0 Å². The largest absolute Gasteiger partial charge is 0.349 e. The van der Waals surface area contributed by atoms with Crippen LogP contribution in [0.5, 0.6) is 0 Å². The van der Waals surface area contributed by atoms with E-state index in [1.807, 2.05) is 0 Å². The summed E-state index contributed by atoms with van der Waals surface area (Å²) in [4.78, 5) is 18.1. The molecule has 0 N–H and O–H groups in total. The van der Waals surface area contributed by atoms with Crippen molar-refractivity contribution in [2.45, 2.75) is 19.0 Å². The third-order valence-electron chi connectivity index (χ3n) is 9.97. The van der Waals surface area contributed by atoms with Crippen LogP contribution < -0.4 is 0 Å². The van der Waals surface area contributed by atoms with Crippen LogP contribution in [0.1, 0.15) is 41.4 Å². The molecule has 1 unspecified atom stereocenters. The van der Waals surface area contributed by atoms with Crippen LogP contribution in [0.3, 0.4) is 0 Å². The number of nitrogens with zero attached hydrogens (tertiary/aromatic N) is 4. The second-order valence-corrected chi connectivity index (χ2v) is 13.2. The van der Waals surface area contributed by atoms with Gasteiger partial charge >= 0.3 is 0 Å². The van der Waals surface area contributed by atoms with Gasteiger partial charge in [0.1, 0.15) is 6.17 Å². The maximum Gasteiger partial charge on any atom is 0.147 e. The van der Waals surface area contributed by atoms with Crippen molar-refractivity contribution in [2.75, 3.05) is 7.05 Å². The summed E-state index contributed by atoms with van der Waals surface area (Å²) < 4.78 is 0. The Bertz CT molecular complexity index is 2530. The van der Waals surface area contributed by atoms with Crippen LogP contribution in [0, 0.1) is 0 Å². The number of rotatable bonds is 6. The lowest BCUT2D eigenvalue weighted by Gasteiger charge is -2.34. The Morgan fingerprint density at radius 2 is 1.29 bits per heavy atom. The topological polar surface area (TPSA) is 41.4 Å². The van der Waals surface area contributed by atoms with E-state index in [0.29, 0.717) is 0 Å². The van der Waals surface area contributed by atoms with Crippen LogP contribution in [0.15, 0.2) is 175 Å². The summed E-state index contributed by atoms with van der Waals surface area (Å²) in [7, 11) is 2.14. The molecule has 0 amide bonds. The first-order chi connectivity index (χ1) is 25.2. The van der Waals surface area contributed by atoms with Gasteiger partial charge in [0.05, 0.1) is 28.1 Å². The molecule has 3 heterocycles. The third-order valence-corrected chi connectivity index (χ3v) is 9.97. The van der Waals surface area contributed by atoms with Gasteiger partial charge < -0.3 is 4.90 Å². The monoisotopic (exact) mass is 656 g/mol. The van der Waals surface area contributed by atoms with E-state index in [1.54, 1.807) is 0 Å². The van der Waals surface area contributed by atoms with Gasteiger partial charge in [0.15, 0.2) is 0 Å². The normalized spacial score (nSPS) is 15.8. The van der Waals surface area contributed by atoms with E-state index in [9.17, 15) is 0 Å². The molecule has 0 fully saturated rings.